The van der Waals surface area contributed by atoms with Gasteiger partial charge in [0.05, 0.1) is 22.7 Å². The van der Waals surface area contributed by atoms with Gasteiger partial charge < -0.3 is 18.6 Å². The Kier molecular flexibility index (Phi) is 6.60. The van der Waals surface area contributed by atoms with Gasteiger partial charge in [-0.25, -0.2) is 0 Å². The zero-order valence-electron chi connectivity index (χ0n) is 30.2. The highest BCUT2D eigenvalue weighted by Gasteiger charge is 2.26. The zero-order valence-corrected chi connectivity index (χ0v) is 30.2. The van der Waals surface area contributed by atoms with Crippen molar-refractivity contribution in [3.05, 3.63) is 194 Å². The molecular weight excluding hydrogens is 685 g/mol. The molecule has 56 heavy (non-hydrogen) atoms. The van der Waals surface area contributed by atoms with Crippen molar-refractivity contribution in [3.63, 3.8) is 0 Å². The molecule has 0 N–H and O–H groups in total. The van der Waals surface area contributed by atoms with Crippen LogP contribution in [0.4, 0.5) is 34.1 Å². The fourth-order valence-corrected chi connectivity index (χ4v) is 8.97. The lowest BCUT2D eigenvalue weighted by Crippen LogP contribution is -2.12. The van der Waals surface area contributed by atoms with Crippen LogP contribution in [0.1, 0.15) is 0 Å². The highest BCUT2D eigenvalue weighted by atomic mass is 16.3. The average molecular weight is 717 g/mol. The number of hydrogen-bond donors (Lipinski definition) is 0. The Morgan fingerprint density at radius 2 is 0.661 bits per heavy atom. The van der Waals surface area contributed by atoms with Crippen LogP contribution in [0, 0.1) is 0 Å². The molecule has 0 amide bonds. The summed E-state index contributed by atoms with van der Waals surface area (Å²) in [6, 6.07) is 68.9. The van der Waals surface area contributed by atoms with Gasteiger partial charge in [-0.2, -0.15) is 0 Å². The smallest absolute Gasteiger partial charge is 0.159 e. The molecule has 0 aliphatic carbocycles. The van der Waals surface area contributed by atoms with Crippen molar-refractivity contribution < 1.29 is 8.83 Å². The Morgan fingerprint density at radius 1 is 0.286 bits per heavy atom. The Labute approximate surface area is 322 Å². The number of para-hydroxylation sites is 6. The molecule has 262 valence electrons. The summed E-state index contributed by atoms with van der Waals surface area (Å²) >= 11 is 0. The number of hydrogen-bond acceptors (Lipinski definition) is 4. The van der Waals surface area contributed by atoms with Crippen LogP contribution >= 0.6 is 0 Å². The Morgan fingerprint density at radius 3 is 1.12 bits per heavy atom. The van der Waals surface area contributed by atoms with E-state index in [0.717, 1.165) is 88.8 Å². The van der Waals surface area contributed by atoms with Crippen LogP contribution in [0.5, 0.6) is 0 Å². The lowest BCUT2D eigenvalue weighted by atomic mass is 9.91. The molecule has 0 saturated carbocycles. The summed E-state index contributed by atoms with van der Waals surface area (Å²) in [6.07, 6.45) is 0. The molecule has 12 aromatic rings. The number of benzene rings is 10. The molecule has 0 bridgehead atoms. The summed E-state index contributed by atoms with van der Waals surface area (Å²) in [5.74, 6) is 0. The summed E-state index contributed by atoms with van der Waals surface area (Å²) in [6.45, 7) is 0. The van der Waals surface area contributed by atoms with E-state index in [2.05, 4.69) is 192 Å². The van der Waals surface area contributed by atoms with Crippen molar-refractivity contribution in [1.82, 2.24) is 0 Å². The van der Waals surface area contributed by atoms with Gasteiger partial charge in [0.25, 0.3) is 0 Å². The van der Waals surface area contributed by atoms with E-state index >= 15 is 0 Å². The van der Waals surface area contributed by atoms with Crippen LogP contribution in [-0.2, 0) is 0 Å². The van der Waals surface area contributed by atoms with Crippen LogP contribution in [-0.4, -0.2) is 0 Å². The van der Waals surface area contributed by atoms with Crippen molar-refractivity contribution in [2.24, 2.45) is 0 Å². The molecule has 0 aliphatic heterocycles. The molecule has 4 heteroatoms. The second kappa shape index (κ2) is 12.0. The largest absolute Gasteiger partial charge is 0.454 e. The molecule has 2 aromatic heterocycles. The summed E-state index contributed by atoms with van der Waals surface area (Å²) in [5, 5.41) is 11.5. The van der Waals surface area contributed by atoms with Crippen molar-refractivity contribution >= 4 is 110 Å². The van der Waals surface area contributed by atoms with E-state index in [9.17, 15) is 0 Å². The predicted molar refractivity (Wildman–Crippen MR) is 234 cm³/mol. The van der Waals surface area contributed by atoms with Gasteiger partial charge in [0, 0.05) is 43.7 Å². The molecule has 2 heterocycles. The van der Waals surface area contributed by atoms with E-state index in [-0.39, 0.29) is 0 Å². The molecule has 4 nitrogen and oxygen atoms in total. The first-order valence-electron chi connectivity index (χ1n) is 19.0. The molecule has 0 radical (unpaired) electrons. The van der Waals surface area contributed by atoms with Crippen LogP contribution in [0.3, 0.4) is 0 Å². The Balaban J connectivity index is 1.15. The van der Waals surface area contributed by atoms with E-state index in [1.165, 1.54) is 21.5 Å². The maximum Gasteiger partial charge on any atom is 0.159 e. The van der Waals surface area contributed by atoms with Gasteiger partial charge in [0.1, 0.15) is 11.2 Å². The van der Waals surface area contributed by atoms with Gasteiger partial charge in [-0.1, -0.05) is 133 Å². The van der Waals surface area contributed by atoms with E-state index in [1.54, 1.807) is 0 Å². The second-order valence-corrected chi connectivity index (χ2v) is 14.4. The minimum atomic E-state index is 0.864. The summed E-state index contributed by atoms with van der Waals surface area (Å²) in [7, 11) is 0. The number of furan rings is 2. The molecule has 0 atom stereocenters. The van der Waals surface area contributed by atoms with Crippen molar-refractivity contribution in [1.29, 1.82) is 0 Å². The standard InChI is InChI=1S/C52H32N2O2/c1-3-17-35(18-4-1)53(43-27-13-23-39-37-21-7-9-29-47(37)55-51(39)43)45-31-33-15-12-26-42-46(32-34-16-11-25-41(45)49(34)50(33)42)54(36-19-5-2-6-20-36)44-28-14-24-40-38-22-8-10-30-48(38)56-52(40)44/h1-32H. The fourth-order valence-electron chi connectivity index (χ4n) is 8.97. The number of anilines is 6. The SMILES string of the molecule is c1ccc(N(c2cc3cccc4c(N(c5ccccc5)c5cccc6c5oc5ccccc56)cc5cccc2c5c34)c2cccc3c2oc2ccccc23)cc1. The van der Waals surface area contributed by atoms with Gasteiger partial charge in [-0.3, -0.25) is 0 Å². The first-order chi connectivity index (χ1) is 27.8. The Bertz CT molecular complexity index is 3210. The molecule has 0 aliphatic rings. The summed E-state index contributed by atoms with van der Waals surface area (Å²) in [5.41, 5.74) is 9.79. The molecule has 0 saturated heterocycles. The van der Waals surface area contributed by atoms with Gasteiger partial charge in [0.2, 0.25) is 0 Å². The minimum absolute atomic E-state index is 0.864. The van der Waals surface area contributed by atoms with Crippen LogP contribution in [0.2, 0.25) is 0 Å². The van der Waals surface area contributed by atoms with E-state index in [0.29, 0.717) is 0 Å². The molecule has 12 rings (SSSR count). The van der Waals surface area contributed by atoms with Crippen LogP contribution in [0.25, 0.3) is 76.2 Å². The number of fused-ring (bicyclic) bond motifs is 6. The van der Waals surface area contributed by atoms with Gasteiger partial charge in [-0.15, -0.1) is 0 Å². The van der Waals surface area contributed by atoms with Crippen molar-refractivity contribution in [3.8, 4) is 0 Å². The fraction of sp³-hybridized carbons (Fsp3) is 0. The quantitative estimate of drug-likeness (QED) is 0.160. The van der Waals surface area contributed by atoms with Crippen molar-refractivity contribution in [2.75, 3.05) is 9.80 Å². The second-order valence-electron chi connectivity index (χ2n) is 14.4. The zero-order chi connectivity index (χ0) is 36.7. The number of rotatable bonds is 6. The molecular formula is C52H32N2O2. The van der Waals surface area contributed by atoms with Crippen LogP contribution < -0.4 is 9.80 Å². The minimum Gasteiger partial charge on any atom is -0.454 e. The van der Waals surface area contributed by atoms with Crippen molar-refractivity contribution in [2.45, 2.75) is 0 Å². The van der Waals surface area contributed by atoms with Crippen LogP contribution in [0.15, 0.2) is 203 Å². The van der Waals surface area contributed by atoms with E-state index in [1.807, 2.05) is 12.1 Å². The predicted octanol–water partition coefficient (Wildman–Crippen LogP) is 15.3. The lowest BCUT2D eigenvalue weighted by Gasteiger charge is -2.30. The van der Waals surface area contributed by atoms with E-state index in [4.69, 9.17) is 8.83 Å². The third kappa shape index (κ3) is 4.47. The molecule has 0 unspecified atom stereocenters. The molecule has 0 spiro atoms. The summed E-state index contributed by atoms with van der Waals surface area (Å²) in [4.78, 5) is 4.74. The van der Waals surface area contributed by atoms with Gasteiger partial charge >= 0.3 is 0 Å². The highest BCUT2D eigenvalue weighted by molar-refractivity contribution is 6.30. The lowest BCUT2D eigenvalue weighted by molar-refractivity contribution is 0.669. The summed E-state index contributed by atoms with van der Waals surface area (Å²) < 4.78 is 13.3. The Hall–Kier alpha value is -7.56. The average Bonchev–Trinajstić information content (AvgIpc) is 3.84. The molecule has 10 aromatic carbocycles. The first-order valence-corrected chi connectivity index (χ1v) is 19.0. The maximum atomic E-state index is 6.67. The topological polar surface area (TPSA) is 32.8 Å². The third-order valence-corrected chi connectivity index (χ3v) is 11.3. The highest BCUT2D eigenvalue weighted by Crippen LogP contribution is 2.51. The molecule has 0 fully saturated rings. The normalized spacial score (nSPS) is 11.9. The third-order valence-electron chi connectivity index (χ3n) is 11.3. The number of nitrogens with zero attached hydrogens (tertiary/aromatic N) is 2. The first kappa shape index (κ1) is 30.9. The maximum absolute atomic E-state index is 6.67. The van der Waals surface area contributed by atoms with Gasteiger partial charge in [0.15, 0.2) is 11.2 Å². The van der Waals surface area contributed by atoms with E-state index < -0.39 is 0 Å². The van der Waals surface area contributed by atoms with Gasteiger partial charge in [-0.05, 0) is 82.2 Å². The monoisotopic (exact) mass is 716 g/mol.